The van der Waals surface area contributed by atoms with Gasteiger partial charge in [0.25, 0.3) is 0 Å². The molecule has 0 unspecified atom stereocenters. The molecule has 1 aromatic rings. The number of anilines is 2. The Balaban J connectivity index is 2.09. The molecule has 8 nitrogen and oxygen atoms in total. The SMILES string of the molecule is CC(=O)Nc1ccc(-n2cnc3ncnc-3n2)c(N(C)C)c1. The summed E-state index contributed by atoms with van der Waals surface area (Å²) in [5, 5.41) is 7.18. The van der Waals surface area contributed by atoms with Crippen LogP contribution in [0.15, 0.2) is 30.9 Å². The molecule has 0 atom stereocenters. The Morgan fingerprint density at radius 3 is 2.68 bits per heavy atom. The summed E-state index contributed by atoms with van der Waals surface area (Å²) < 4.78 is 1.64. The topological polar surface area (TPSA) is 88.8 Å². The molecule has 0 fully saturated rings. The van der Waals surface area contributed by atoms with Crippen molar-refractivity contribution in [2.24, 2.45) is 0 Å². The maximum absolute atomic E-state index is 11.2. The van der Waals surface area contributed by atoms with E-state index < -0.39 is 0 Å². The maximum atomic E-state index is 11.2. The molecule has 0 saturated carbocycles. The van der Waals surface area contributed by atoms with Crippen molar-refractivity contribution in [3.05, 3.63) is 30.9 Å². The molecule has 112 valence electrons. The summed E-state index contributed by atoms with van der Waals surface area (Å²) >= 11 is 0. The normalized spacial score (nSPS) is 10.7. The first-order valence-electron chi connectivity index (χ1n) is 6.66. The van der Waals surface area contributed by atoms with Crippen LogP contribution in [0.5, 0.6) is 0 Å². The number of nitrogens with zero attached hydrogens (tertiary/aromatic N) is 6. The molecule has 1 aromatic carbocycles. The van der Waals surface area contributed by atoms with Crippen LogP contribution in [-0.2, 0) is 4.79 Å². The third-order valence-corrected chi connectivity index (χ3v) is 3.08. The molecule has 0 bridgehead atoms. The fourth-order valence-corrected chi connectivity index (χ4v) is 2.13. The lowest BCUT2D eigenvalue weighted by molar-refractivity contribution is -0.114. The first kappa shape index (κ1) is 13.9. The van der Waals surface area contributed by atoms with E-state index in [0.29, 0.717) is 11.6 Å². The van der Waals surface area contributed by atoms with Crippen LogP contribution in [0.4, 0.5) is 11.4 Å². The minimum absolute atomic E-state index is 0.113. The lowest BCUT2D eigenvalue weighted by atomic mass is 10.2. The molecule has 1 N–H and O–H groups in total. The van der Waals surface area contributed by atoms with Gasteiger partial charge >= 0.3 is 0 Å². The number of hydrogen-bond acceptors (Lipinski definition) is 6. The molecule has 22 heavy (non-hydrogen) atoms. The minimum atomic E-state index is -0.113. The lowest BCUT2D eigenvalue weighted by Crippen LogP contribution is -2.15. The van der Waals surface area contributed by atoms with Gasteiger partial charge in [-0.1, -0.05) is 0 Å². The predicted molar refractivity (Wildman–Crippen MR) is 82.2 cm³/mol. The fraction of sp³-hybridized carbons (Fsp3) is 0.214. The number of hydrogen-bond donors (Lipinski definition) is 1. The van der Waals surface area contributed by atoms with Gasteiger partial charge in [-0.3, -0.25) is 4.79 Å². The van der Waals surface area contributed by atoms with Gasteiger partial charge in [0, 0.05) is 26.7 Å². The minimum Gasteiger partial charge on any atom is -0.376 e. The van der Waals surface area contributed by atoms with Crippen molar-refractivity contribution in [2.45, 2.75) is 6.92 Å². The summed E-state index contributed by atoms with van der Waals surface area (Å²) in [5.41, 5.74) is 2.45. The van der Waals surface area contributed by atoms with E-state index in [9.17, 15) is 4.79 Å². The van der Waals surface area contributed by atoms with Crippen LogP contribution >= 0.6 is 0 Å². The maximum Gasteiger partial charge on any atom is 0.221 e. The Labute approximate surface area is 127 Å². The number of aromatic nitrogens is 5. The zero-order valence-electron chi connectivity index (χ0n) is 12.5. The highest BCUT2D eigenvalue weighted by molar-refractivity contribution is 5.89. The fourth-order valence-electron chi connectivity index (χ4n) is 2.13. The molecule has 1 amide bonds. The van der Waals surface area contributed by atoms with Crippen molar-refractivity contribution in [3.8, 4) is 17.3 Å². The van der Waals surface area contributed by atoms with Gasteiger partial charge in [-0.05, 0) is 18.2 Å². The number of rotatable bonds is 3. The number of carbonyl (C=O) groups excluding carboxylic acids is 1. The quantitative estimate of drug-likeness (QED) is 0.781. The molecular formula is C14H15N7O. The first-order valence-corrected chi connectivity index (χ1v) is 6.66. The third-order valence-electron chi connectivity index (χ3n) is 3.08. The van der Waals surface area contributed by atoms with E-state index in [4.69, 9.17) is 0 Å². The van der Waals surface area contributed by atoms with Gasteiger partial charge in [0.1, 0.15) is 12.7 Å². The zero-order valence-corrected chi connectivity index (χ0v) is 12.5. The average Bonchev–Trinajstić information content (AvgIpc) is 2.93. The van der Waals surface area contributed by atoms with Crippen LogP contribution < -0.4 is 10.2 Å². The number of nitrogens with one attached hydrogen (secondary N) is 1. The second-order valence-corrected chi connectivity index (χ2v) is 4.99. The highest BCUT2D eigenvalue weighted by Crippen LogP contribution is 2.26. The number of carbonyl (C=O) groups is 1. The van der Waals surface area contributed by atoms with Gasteiger partial charge < -0.3 is 10.2 Å². The molecule has 0 spiro atoms. The van der Waals surface area contributed by atoms with Crippen LogP contribution in [0.2, 0.25) is 0 Å². The summed E-state index contributed by atoms with van der Waals surface area (Å²) in [6.07, 6.45) is 3.03. The van der Waals surface area contributed by atoms with E-state index in [1.165, 1.54) is 13.3 Å². The lowest BCUT2D eigenvalue weighted by Gasteiger charge is -2.19. The van der Waals surface area contributed by atoms with Crippen LogP contribution in [0.3, 0.4) is 0 Å². The van der Waals surface area contributed by atoms with E-state index >= 15 is 0 Å². The summed E-state index contributed by atoms with van der Waals surface area (Å²) in [7, 11) is 3.84. The average molecular weight is 297 g/mol. The molecule has 2 aliphatic rings. The Morgan fingerprint density at radius 1 is 1.18 bits per heavy atom. The second-order valence-electron chi connectivity index (χ2n) is 4.99. The van der Waals surface area contributed by atoms with Crippen LogP contribution in [0.25, 0.3) is 17.3 Å². The Morgan fingerprint density at radius 2 is 1.95 bits per heavy atom. The molecule has 3 rings (SSSR count). The van der Waals surface area contributed by atoms with E-state index in [2.05, 4.69) is 25.4 Å². The van der Waals surface area contributed by atoms with Gasteiger partial charge in [0.15, 0.2) is 0 Å². The first-order chi connectivity index (χ1) is 10.5. The van der Waals surface area contributed by atoms with Crippen molar-refractivity contribution < 1.29 is 4.79 Å². The van der Waals surface area contributed by atoms with Gasteiger partial charge in [-0.25, -0.2) is 19.6 Å². The summed E-state index contributed by atoms with van der Waals surface area (Å²) in [4.78, 5) is 25.4. The summed E-state index contributed by atoms with van der Waals surface area (Å²) in [5.74, 6) is 0.883. The van der Waals surface area contributed by atoms with Crippen LogP contribution in [-0.4, -0.2) is 44.7 Å². The smallest absolute Gasteiger partial charge is 0.221 e. The van der Waals surface area contributed by atoms with E-state index in [1.54, 1.807) is 11.0 Å². The molecule has 0 aromatic heterocycles. The van der Waals surface area contributed by atoms with Gasteiger partial charge in [-0.15, -0.1) is 5.10 Å². The van der Waals surface area contributed by atoms with E-state index in [-0.39, 0.29) is 5.91 Å². The molecule has 0 saturated heterocycles. The standard InChI is InChI=1S/C14H15N7O/c1-9(22)18-10-4-5-11(12(6-10)20(2)3)21-8-17-13-14(19-21)16-7-15-13/h4-8H,1-3H3,(H,18,22). The van der Waals surface area contributed by atoms with Crippen molar-refractivity contribution in [1.29, 1.82) is 0 Å². The summed E-state index contributed by atoms with van der Waals surface area (Å²) in [6.45, 7) is 1.48. The van der Waals surface area contributed by atoms with Crippen molar-refractivity contribution >= 4 is 17.3 Å². The Bertz CT molecular complexity index is 796. The largest absolute Gasteiger partial charge is 0.376 e. The Hall–Kier alpha value is -3.03. The van der Waals surface area contributed by atoms with Gasteiger partial charge in [0.05, 0.1) is 11.4 Å². The molecule has 2 heterocycles. The van der Waals surface area contributed by atoms with Gasteiger partial charge in [-0.2, -0.15) is 0 Å². The van der Waals surface area contributed by atoms with Crippen molar-refractivity contribution in [2.75, 3.05) is 24.3 Å². The third kappa shape index (κ3) is 2.58. The molecule has 0 radical (unpaired) electrons. The Kier molecular flexibility index (Phi) is 3.42. The zero-order chi connectivity index (χ0) is 15.7. The van der Waals surface area contributed by atoms with Crippen LogP contribution in [0, 0.1) is 0 Å². The summed E-state index contributed by atoms with van der Waals surface area (Å²) in [6, 6.07) is 5.57. The molecule has 2 aliphatic heterocycles. The molecule has 0 aliphatic carbocycles. The monoisotopic (exact) mass is 297 g/mol. The van der Waals surface area contributed by atoms with Crippen molar-refractivity contribution in [3.63, 3.8) is 0 Å². The number of fused-ring (bicyclic) bond motifs is 1. The number of benzene rings is 1. The highest BCUT2D eigenvalue weighted by atomic mass is 16.1. The van der Waals surface area contributed by atoms with Crippen LogP contribution in [0.1, 0.15) is 6.92 Å². The highest BCUT2D eigenvalue weighted by Gasteiger charge is 2.13. The number of imidazole rings is 1. The van der Waals surface area contributed by atoms with E-state index in [1.807, 2.05) is 37.2 Å². The molecule has 8 heteroatoms. The molecular weight excluding hydrogens is 282 g/mol. The van der Waals surface area contributed by atoms with Crippen molar-refractivity contribution in [1.82, 2.24) is 24.7 Å². The number of amides is 1. The van der Waals surface area contributed by atoms with Gasteiger partial charge in [0.2, 0.25) is 17.6 Å². The predicted octanol–water partition coefficient (Wildman–Crippen LogP) is 1.19. The second kappa shape index (κ2) is 5.40. The van der Waals surface area contributed by atoms with E-state index in [0.717, 1.165) is 17.1 Å².